The highest BCUT2D eigenvalue weighted by Gasteiger charge is 2.21. The summed E-state index contributed by atoms with van der Waals surface area (Å²) >= 11 is 0. The standard InChI is InChI=1S/C19H20N4O3/c1-3-22-18(25)15-9-4-5-10-16(15)23(19(22)26)13(2)17(24)21-12-14-8-6-7-11-20-14/h4-11,13H,3,12H2,1-2H3,(H,21,24)/t13-/m1/s1. The number of nitrogens with one attached hydrogen (secondary N) is 1. The minimum Gasteiger partial charge on any atom is -0.349 e. The van der Waals surface area contributed by atoms with Gasteiger partial charge < -0.3 is 5.32 Å². The van der Waals surface area contributed by atoms with Gasteiger partial charge in [0, 0.05) is 12.7 Å². The molecule has 7 nitrogen and oxygen atoms in total. The van der Waals surface area contributed by atoms with Crippen LogP contribution in [0, 0.1) is 0 Å². The van der Waals surface area contributed by atoms with Gasteiger partial charge in [-0.25, -0.2) is 4.79 Å². The molecular weight excluding hydrogens is 332 g/mol. The number of hydrogen-bond acceptors (Lipinski definition) is 4. The van der Waals surface area contributed by atoms with Gasteiger partial charge in [-0.1, -0.05) is 18.2 Å². The van der Waals surface area contributed by atoms with Gasteiger partial charge in [0.05, 0.1) is 23.1 Å². The number of rotatable bonds is 5. The van der Waals surface area contributed by atoms with E-state index in [0.717, 1.165) is 10.3 Å². The molecule has 0 bridgehead atoms. The minimum absolute atomic E-state index is 0.241. The molecule has 26 heavy (non-hydrogen) atoms. The topological polar surface area (TPSA) is 86.0 Å². The first-order valence-electron chi connectivity index (χ1n) is 8.46. The second-order valence-electron chi connectivity index (χ2n) is 5.93. The van der Waals surface area contributed by atoms with E-state index in [4.69, 9.17) is 0 Å². The molecule has 3 aromatic rings. The zero-order valence-electron chi connectivity index (χ0n) is 14.7. The Balaban J connectivity index is 2.00. The molecular formula is C19H20N4O3. The van der Waals surface area contributed by atoms with E-state index in [0.29, 0.717) is 10.9 Å². The number of benzene rings is 1. The number of fused-ring (bicyclic) bond motifs is 1. The van der Waals surface area contributed by atoms with Gasteiger partial charge in [0.2, 0.25) is 5.91 Å². The fourth-order valence-corrected chi connectivity index (χ4v) is 2.93. The van der Waals surface area contributed by atoms with Crippen LogP contribution < -0.4 is 16.6 Å². The lowest BCUT2D eigenvalue weighted by Gasteiger charge is -2.19. The zero-order chi connectivity index (χ0) is 18.7. The van der Waals surface area contributed by atoms with Crippen LogP contribution in [-0.4, -0.2) is 20.0 Å². The lowest BCUT2D eigenvalue weighted by atomic mass is 10.2. The molecule has 0 spiro atoms. The predicted octanol–water partition coefficient (Wildman–Crippen LogP) is 1.46. The number of carbonyl (C=O) groups excluding carboxylic acids is 1. The normalized spacial score (nSPS) is 12.1. The van der Waals surface area contributed by atoms with Crippen molar-refractivity contribution in [3.8, 4) is 0 Å². The van der Waals surface area contributed by atoms with Crippen molar-refractivity contribution in [2.45, 2.75) is 33.0 Å². The Bertz CT molecular complexity index is 1050. The van der Waals surface area contributed by atoms with Crippen molar-refractivity contribution in [1.29, 1.82) is 0 Å². The largest absolute Gasteiger partial charge is 0.349 e. The Morgan fingerprint density at radius 3 is 2.58 bits per heavy atom. The maximum atomic E-state index is 12.8. The summed E-state index contributed by atoms with van der Waals surface area (Å²) in [7, 11) is 0. The molecule has 0 aliphatic heterocycles. The SMILES string of the molecule is CCn1c(=O)c2ccccc2n([C@H](C)C(=O)NCc2ccccn2)c1=O. The Morgan fingerprint density at radius 1 is 1.15 bits per heavy atom. The highest BCUT2D eigenvalue weighted by molar-refractivity contribution is 5.84. The van der Waals surface area contributed by atoms with Gasteiger partial charge in [0.25, 0.3) is 5.56 Å². The molecule has 2 aromatic heterocycles. The van der Waals surface area contributed by atoms with E-state index >= 15 is 0 Å². The lowest BCUT2D eigenvalue weighted by Crippen LogP contribution is -2.44. The molecule has 134 valence electrons. The van der Waals surface area contributed by atoms with Crippen LogP contribution in [0.1, 0.15) is 25.6 Å². The van der Waals surface area contributed by atoms with Gasteiger partial charge in [0.15, 0.2) is 0 Å². The summed E-state index contributed by atoms with van der Waals surface area (Å²) in [4.78, 5) is 42.0. The van der Waals surface area contributed by atoms with Gasteiger partial charge in [0.1, 0.15) is 6.04 Å². The zero-order valence-corrected chi connectivity index (χ0v) is 14.7. The molecule has 0 fully saturated rings. The first kappa shape index (κ1) is 17.6. The monoisotopic (exact) mass is 352 g/mol. The van der Waals surface area contributed by atoms with E-state index in [1.165, 1.54) is 4.57 Å². The van der Waals surface area contributed by atoms with Crippen molar-refractivity contribution < 1.29 is 4.79 Å². The third-order valence-electron chi connectivity index (χ3n) is 4.33. The highest BCUT2D eigenvalue weighted by atomic mass is 16.2. The summed E-state index contributed by atoms with van der Waals surface area (Å²) in [6.45, 7) is 3.88. The number of para-hydroxylation sites is 1. The average Bonchev–Trinajstić information content (AvgIpc) is 2.67. The van der Waals surface area contributed by atoms with Crippen LogP contribution in [-0.2, 0) is 17.9 Å². The third-order valence-corrected chi connectivity index (χ3v) is 4.33. The lowest BCUT2D eigenvalue weighted by molar-refractivity contribution is -0.124. The van der Waals surface area contributed by atoms with Crippen LogP contribution in [0.2, 0.25) is 0 Å². The van der Waals surface area contributed by atoms with Gasteiger partial charge in [-0.2, -0.15) is 0 Å². The Kier molecular flexibility index (Phi) is 4.97. The summed E-state index contributed by atoms with van der Waals surface area (Å²) in [5.41, 5.74) is 0.346. The van der Waals surface area contributed by atoms with Crippen LogP contribution in [0.15, 0.2) is 58.3 Å². The van der Waals surface area contributed by atoms with E-state index in [1.807, 2.05) is 12.1 Å². The molecule has 1 atom stereocenters. The second kappa shape index (κ2) is 7.35. The molecule has 3 rings (SSSR count). The second-order valence-corrected chi connectivity index (χ2v) is 5.93. The molecule has 0 aliphatic rings. The van der Waals surface area contributed by atoms with Gasteiger partial charge in [-0.05, 0) is 38.1 Å². The first-order valence-corrected chi connectivity index (χ1v) is 8.46. The molecule has 0 radical (unpaired) electrons. The number of aromatic nitrogens is 3. The summed E-state index contributed by atoms with van der Waals surface area (Å²) < 4.78 is 2.51. The van der Waals surface area contributed by atoms with Crippen LogP contribution >= 0.6 is 0 Å². The number of hydrogen-bond donors (Lipinski definition) is 1. The fourth-order valence-electron chi connectivity index (χ4n) is 2.93. The molecule has 0 saturated heterocycles. The number of pyridine rings is 1. The quantitative estimate of drug-likeness (QED) is 0.753. The summed E-state index contributed by atoms with van der Waals surface area (Å²) in [5, 5.41) is 3.21. The Morgan fingerprint density at radius 2 is 1.88 bits per heavy atom. The van der Waals surface area contributed by atoms with Crippen molar-refractivity contribution in [2.75, 3.05) is 0 Å². The summed E-state index contributed by atoms with van der Waals surface area (Å²) in [5.74, 6) is -0.316. The summed E-state index contributed by atoms with van der Waals surface area (Å²) in [6, 6.07) is 11.5. The highest BCUT2D eigenvalue weighted by Crippen LogP contribution is 2.13. The number of carbonyl (C=O) groups is 1. The molecule has 1 aromatic carbocycles. The van der Waals surface area contributed by atoms with E-state index in [1.54, 1.807) is 50.4 Å². The fraction of sp³-hybridized carbons (Fsp3) is 0.263. The van der Waals surface area contributed by atoms with Crippen LogP contribution in [0.5, 0.6) is 0 Å². The van der Waals surface area contributed by atoms with Gasteiger partial charge in [-0.15, -0.1) is 0 Å². The van der Waals surface area contributed by atoms with Gasteiger partial charge >= 0.3 is 5.69 Å². The number of amides is 1. The van der Waals surface area contributed by atoms with Crippen molar-refractivity contribution in [3.63, 3.8) is 0 Å². The molecule has 0 saturated carbocycles. The van der Waals surface area contributed by atoms with E-state index in [2.05, 4.69) is 10.3 Å². The maximum Gasteiger partial charge on any atom is 0.332 e. The predicted molar refractivity (Wildman–Crippen MR) is 98.9 cm³/mol. The van der Waals surface area contributed by atoms with Crippen LogP contribution in [0.3, 0.4) is 0 Å². The first-order chi connectivity index (χ1) is 12.5. The molecule has 7 heteroatoms. The smallest absolute Gasteiger partial charge is 0.332 e. The average molecular weight is 352 g/mol. The third kappa shape index (κ3) is 3.15. The summed E-state index contributed by atoms with van der Waals surface area (Å²) in [6.07, 6.45) is 1.65. The van der Waals surface area contributed by atoms with Crippen molar-refractivity contribution in [3.05, 3.63) is 75.2 Å². The van der Waals surface area contributed by atoms with Gasteiger partial charge in [-0.3, -0.25) is 23.7 Å². The van der Waals surface area contributed by atoms with Crippen LogP contribution in [0.25, 0.3) is 10.9 Å². The molecule has 2 heterocycles. The molecule has 0 aliphatic carbocycles. The minimum atomic E-state index is -0.769. The van der Waals surface area contributed by atoms with E-state index in [9.17, 15) is 14.4 Å². The molecule has 1 N–H and O–H groups in total. The van der Waals surface area contributed by atoms with Crippen LogP contribution in [0.4, 0.5) is 0 Å². The van der Waals surface area contributed by atoms with Crippen molar-refractivity contribution in [2.24, 2.45) is 0 Å². The van der Waals surface area contributed by atoms with E-state index in [-0.39, 0.29) is 24.6 Å². The maximum absolute atomic E-state index is 12.8. The number of nitrogens with zero attached hydrogens (tertiary/aromatic N) is 3. The Hall–Kier alpha value is -3.22. The molecule has 1 amide bonds. The molecule has 0 unspecified atom stereocenters. The van der Waals surface area contributed by atoms with Crippen molar-refractivity contribution in [1.82, 2.24) is 19.4 Å². The van der Waals surface area contributed by atoms with Crippen molar-refractivity contribution >= 4 is 16.8 Å². The Labute approximate surface area is 149 Å². The van der Waals surface area contributed by atoms with E-state index < -0.39 is 11.7 Å².